The maximum atomic E-state index is 9.86. The number of hydrogen-bond donors (Lipinski definition) is 0. The third-order valence-corrected chi connectivity index (χ3v) is 0.894. The maximum Gasteiger partial charge on any atom is 0.106 e. The molecule has 3 heteroatoms. The zero-order chi connectivity index (χ0) is 5.11. The largest absolute Gasteiger partial charge is 0.647 e. The van der Waals surface area contributed by atoms with E-state index in [0.717, 1.165) is 6.29 Å². The standard InChI is InChI=1S/C5H6NO.Ac/c7-4-5-2-1-3-6-5;/h1-2,4-5H,3H2;/q-1;. The van der Waals surface area contributed by atoms with Crippen LogP contribution in [0.1, 0.15) is 0 Å². The van der Waals surface area contributed by atoms with Crippen LogP contribution in [0.25, 0.3) is 5.32 Å². The first-order valence-corrected chi connectivity index (χ1v) is 2.22. The van der Waals surface area contributed by atoms with Crippen molar-refractivity contribution in [3.05, 3.63) is 17.5 Å². The summed E-state index contributed by atoms with van der Waals surface area (Å²) in [5.41, 5.74) is 0. The summed E-state index contributed by atoms with van der Waals surface area (Å²) in [5, 5.41) is 3.88. The molecule has 41 valence electrons. The molecule has 0 aromatic heterocycles. The molecule has 1 atom stereocenters. The van der Waals surface area contributed by atoms with E-state index in [1.165, 1.54) is 0 Å². The van der Waals surface area contributed by atoms with Crippen molar-refractivity contribution in [2.75, 3.05) is 6.54 Å². The molecule has 1 heterocycles. The molecule has 0 N–H and O–H groups in total. The Morgan fingerprint density at radius 2 is 2.50 bits per heavy atom. The Kier molecular flexibility index (Phi) is 5.14. The molecule has 0 fully saturated rings. The monoisotopic (exact) mass is 323 g/mol. The summed E-state index contributed by atoms with van der Waals surface area (Å²) in [6, 6.07) is -0.139. The van der Waals surface area contributed by atoms with Crippen LogP contribution in [0.15, 0.2) is 12.2 Å². The van der Waals surface area contributed by atoms with Gasteiger partial charge in [-0.25, -0.2) is 0 Å². The van der Waals surface area contributed by atoms with Crippen molar-refractivity contribution < 1.29 is 48.9 Å². The molecular weight excluding hydrogens is 317 g/mol. The second-order valence-corrected chi connectivity index (χ2v) is 1.42. The van der Waals surface area contributed by atoms with Gasteiger partial charge in [0.1, 0.15) is 6.29 Å². The first kappa shape index (κ1) is 8.81. The van der Waals surface area contributed by atoms with Gasteiger partial charge in [-0.15, -0.1) is 18.7 Å². The molecule has 0 amide bonds. The van der Waals surface area contributed by atoms with Crippen LogP contribution < -0.4 is 0 Å². The normalized spacial score (nSPS) is 24.8. The van der Waals surface area contributed by atoms with E-state index in [4.69, 9.17) is 0 Å². The van der Waals surface area contributed by atoms with Crippen molar-refractivity contribution in [1.82, 2.24) is 0 Å². The first-order chi connectivity index (χ1) is 3.43. The SMILES string of the molecule is O=CC1C=CC[N-]1.[Ac]. The van der Waals surface area contributed by atoms with Crippen LogP contribution >= 0.6 is 0 Å². The Bertz CT molecular complexity index is 103. The van der Waals surface area contributed by atoms with Crippen LogP contribution in [0.2, 0.25) is 0 Å². The van der Waals surface area contributed by atoms with Gasteiger partial charge in [-0.05, 0) is 0 Å². The van der Waals surface area contributed by atoms with E-state index in [0.29, 0.717) is 6.54 Å². The van der Waals surface area contributed by atoms with Crippen molar-refractivity contribution in [1.29, 1.82) is 0 Å². The van der Waals surface area contributed by atoms with E-state index in [9.17, 15) is 4.79 Å². The van der Waals surface area contributed by atoms with Crippen molar-refractivity contribution in [3.63, 3.8) is 0 Å². The molecule has 0 aromatic carbocycles. The molecule has 0 saturated heterocycles. The maximum absolute atomic E-state index is 9.86. The molecule has 1 radical (unpaired) electrons. The molecule has 0 aromatic rings. The van der Waals surface area contributed by atoms with Crippen LogP contribution in [0.5, 0.6) is 0 Å². The summed E-state index contributed by atoms with van der Waals surface area (Å²) in [7, 11) is 0. The smallest absolute Gasteiger partial charge is 0.106 e. The minimum atomic E-state index is -0.139. The molecule has 1 unspecified atom stereocenters. The summed E-state index contributed by atoms with van der Waals surface area (Å²) in [5.74, 6) is 0. The summed E-state index contributed by atoms with van der Waals surface area (Å²) >= 11 is 0. The van der Waals surface area contributed by atoms with E-state index >= 15 is 0 Å². The van der Waals surface area contributed by atoms with Crippen molar-refractivity contribution in [2.24, 2.45) is 0 Å². The van der Waals surface area contributed by atoms with E-state index in [2.05, 4.69) is 5.32 Å². The van der Waals surface area contributed by atoms with Crippen LogP contribution in [-0.2, 0) is 4.79 Å². The molecule has 2 nitrogen and oxygen atoms in total. The number of carbonyl (C=O) groups is 1. The summed E-state index contributed by atoms with van der Waals surface area (Å²) < 4.78 is 0. The van der Waals surface area contributed by atoms with Crippen LogP contribution in [0, 0.1) is 44.1 Å². The van der Waals surface area contributed by atoms with E-state index < -0.39 is 0 Å². The van der Waals surface area contributed by atoms with Gasteiger partial charge in [0.25, 0.3) is 0 Å². The Balaban J connectivity index is 0.000000490. The third-order valence-electron chi connectivity index (χ3n) is 0.894. The van der Waals surface area contributed by atoms with Gasteiger partial charge in [0, 0.05) is 44.1 Å². The van der Waals surface area contributed by atoms with Crippen molar-refractivity contribution in [2.45, 2.75) is 6.04 Å². The summed E-state index contributed by atoms with van der Waals surface area (Å²) in [6.45, 7) is 0.712. The Morgan fingerprint density at radius 3 is 2.75 bits per heavy atom. The Labute approximate surface area is 84.3 Å². The molecule has 0 aliphatic carbocycles. The van der Waals surface area contributed by atoms with E-state index in [1.54, 1.807) is 6.08 Å². The van der Waals surface area contributed by atoms with Gasteiger partial charge in [-0.1, -0.05) is 6.04 Å². The van der Waals surface area contributed by atoms with Gasteiger partial charge in [0.15, 0.2) is 0 Å². The average Bonchev–Trinajstić information content (AvgIpc) is 2.14. The predicted molar refractivity (Wildman–Crippen MR) is 27.2 cm³/mol. The van der Waals surface area contributed by atoms with E-state index in [-0.39, 0.29) is 50.1 Å². The molecule has 0 bridgehead atoms. The molecule has 1 aliphatic rings. The van der Waals surface area contributed by atoms with Crippen LogP contribution in [-0.4, -0.2) is 18.9 Å². The molecule has 1 rings (SSSR count). The van der Waals surface area contributed by atoms with Gasteiger partial charge in [0.2, 0.25) is 0 Å². The zero-order valence-electron chi connectivity index (χ0n) is 4.45. The second-order valence-electron chi connectivity index (χ2n) is 1.42. The Hall–Kier alpha value is 0.812. The zero-order valence-corrected chi connectivity index (χ0v) is 9.19. The fourth-order valence-corrected chi connectivity index (χ4v) is 0.532. The number of aldehydes is 1. The number of hydrogen-bond acceptors (Lipinski definition) is 1. The topological polar surface area (TPSA) is 31.2 Å². The molecule has 1 aliphatic heterocycles. The first-order valence-electron chi connectivity index (χ1n) is 2.22. The number of nitrogens with zero attached hydrogens (tertiary/aromatic N) is 1. The van der Waals surface area contributed by atoms with Crippen molar-refractivity contribution in [3.8, 4) is 0 Å². The van der Waals surface area contributed by atoms with Crippen molar-refractivity contribution >= 4 is 6.29 Å². The molecular formula is C5H6AcNO-. The fraction of sp³-hybridized carbons (Fsp3) is 0.400. The van der Waals surface area contributed by atoms with Gasteiger partial charge < -0.3 is 10.1 Å². The second kappa shape index (κ2) is 4.67. The summed E-state index contributed by atoms with van der Waals surface area (Å²) in [6.07, 6.45) is 4.52. The van der Waals surface area contributed by atoms with Gasteiger partial charge >= 0.3 is 0 Å². The minimum Gasteiger partial charge on any atom is -0.647 e. The minimum absolute atomic E-state index is 0. The molecule has 0 saturated carbocycles. The van der Waals surface area contributed by atoms with Gasteiger partial charge in [-0.2, -0.15) is 0 Å². The molecule has 0 spiro atoms. The predicted octanol–water partition coefficient (Wildman–Crippen LogP) is 0.497. The molecule has 8 heavy (non-hydrogen) atoms. The Morgan fingerprint density at radius 1 is 1.75 bits per heavy atom. The van der Waals surface area contributed by atoms with Gasteiger partial charge in [-0.3, -0.25) is 0 Å². The van der Waals surface area contributed by atoms with E-state index in [1.807, 2.05) is 6.08 Å². The third kappa shape index (κ3) is 2.39. The summed E-state index contributed by atoms with van der Waals surface area (Å²) in [4.78, 5) is 9.86. The quantitative estimate of drug-likeness (QED) is 0.511. The van der Waals surface area contributed by atoms with Crippen LogP contribution in [0.3, 0.4) is 0 Å². The fourth-order valence-electron chi connectivity index (χ4n) is 0.532. The van der Waals surface area contributed by atoms with Crippen LogP contribution in [0.4, 0.5) is 0 Å². The number of carbonyl (C=O) groups excluding carboxylic acids is 1. The van der Waals surface area contributed by atoms with Gasteiger partial charge in [0.05, 0.1) is 0 Å². The average molecular weight is 323 g/mol. The number of rotatable bonds is 1.